The molecule has 0 saturated heterocycles. The fraction of sp³-hybridized carbons (Fsp3) is 0.375. The molecule has 5 nitrogen and oxygen atoms in total. The van der Waals surface area contributed by atoms with E-state index < -0.39 is 23.7 Å². The van der Waals surface area contributed by atoms with Gasteiger partial charge in [0.2, 0.25) is 0 Å². The fourth-order valence-corrected chi connectivity index (χ4v) is 2.13. The summed E-state index contributed by atoms with van der Waals surface area (Å²) in [5.74, 6) is -1.10. The SMILES string of the molecule is CC(C)(C)OC(=O)N[C@@H](C/C=C/C=C/c1ccsc1)C(=O)O. The Morgan fingerprint density at radius 1 is 1.41 bits per heavy atom. The summed E-state index contributed by atoms with van der Waals surface area (Å²) in [6, 6.07) is 0.972. The van der Waals surface area contributed by atoms with Gasteiger partial charge in [-0.2, -0.15) is 11.3 Å². The normalized spacial score (nSPS) is 13.4. The number of carbonyl (C=O) groups is 2. The zero-order chi connectivity index (χ0) is 16.6. The van der Waals surface area contributed by atoms with Crippen LogP contribution in [0.15, 0.2) is 35.1 Å². The highest BCUT2D eigenvalue weighted by Crippen LogP contribution is 2.09. The van der Waals surface area contributed by atoms with Gasteiger partial charge in [0.15, 0.2) is 0 Å². The van der Waals surface area contributed by atoms with Crippen molar-refractivity contribution in [1.29, 1.82) is 0 Å². The van der Waals surface area contributed by atoms with E-state index in [1.54, 1.807) is 44.3 Å². The number of alkyl carbamates (subject to hydrolysis) is 1. The van der Waals surface area contributed by atoms with Crippen LogP contribution < -0.4 is 5.32 Å². The minimum Gasteiger partial charge on any atom is -0.480 e. The van der Waals surface area contributed by atoms with Crippen LogP contribution in [-0.4, -0.2) is 28.8 Å². The summed E-state index contributed by atoms with van der Waals surface area (Å²) >= 11 is 1.61. The lowest BCUT2D eigenvalue weighted by atomic mass is 10.2. The van der Waals surface area contributed by atoms with E-state index in [2.05, 4.69) is 5.32 Å². The van der Waals surface area contributed by atoms with E-state index in [9.17, 15) is 9.59 Å². The Balaban J connectivity index is 2.47. The minimum absolute atomic E-state index is 0.183. The maximum atomic E-state index is 11.6. The number of nitrogens with one attached hydrogen (secondary N) is 1. The molecule has 1 heterocycles. The largest absolute Gasteiger partial charge is 0.480 e. The molecule has 22 heavy (non-hydrogen) atoms. The third-order valence-corrected chi connectivity index (χ3v) is 3.14. The van der Waals surface area contributed by atoms with E-state index in [1.807, 2.05) is 29.0 Å². The van der Waals surface area contributed by atoms with Crippen molar-refractivity contribution < 1.29 is 19.4 Å². The molecule has 0 fully saturated rings. The lowest BCUT2D eigenvalue weighted by Crippen LogP contribution is -2.43. The van der Waals surface area contributed by atoms with Gasteiger partial charge in [-0.25, -0.2) is 9.59 Å². The summed E-state index contributed by atoms with van der Waals surface area (Å²) in [6.45, 7) is 5.16. The molecule has 1 atom stereocenters. The Bertz CT molecular complexity index is 541. The Morgan fingerprint density at radius 2 is 2.14 bits per heavy atom. The highest BCUT2D eigenvalue weighted by molar-refractivity contribution is 7.08. The molecule has 0 unspecified atom stereocenters. The second-order valence-electron chi connectivity index (χ2n) is 5.62. The summed E-state index contributed by atoms with van der Waals surface area (Å²) < 4.78 is 5.04. The van der Waals surface area contributed by atoms with Crippen LogP contribution in [0.5, 0.6) is 0 Å². The van der Waals surface area contributed by atoms with Gasteiger partial charge in [0.05, 0.1) is 0 Å². The summed E-state index contributed by atoms with van der Waals surface area (Å²) in [5, 5.41) is 15.4. The van der Waals surface area contributed by atoms with E-state index in [-0.39, 0.29) is 6.42 Å². The molecule has 2 N–H and O–H groups in total. The van der Waals surface area contributed by atoms with Gasteiger partial charge >= 0.3 is 12.1 Å². The monoisotopic (exact) mass is 323 g/mol. The first-order chi connectivity index (χ1) is 10.3. The van der Waals surface area contributed by atoms with Gasteiger partial charge < -0.3 is 15.2 Å². The molecule has 0 aliphatic heterocycles. The van der Waals surface area contributed by atoms with Gasteiger partial charge in [0.1, 0.15) is 11.6 Å². The summed E-state index contributed by atoms with van der Waals surface area (Å²) in [4.78, 5) is 22.7. The average Bonchev–Trinajstić information content (AvgIpc) is 2.87. The maximum Gasteiger partial charge on any atom is 0.408 e. The van der Waals surface area contributed by atoms with Gasteiger partial charge in [-0.1, -0.05) is 24.3 Å². The predicted molar refractivity (Wildman–Crippen MR) is 87.9 cm³/mol. The van der Waals surface area contributed by atoms with Crippen LogP contribution in [0.1, 0.15) is 32.8 Å². The third kappa shape index (κ3) is 7.64. The smallest absolute Gasteiger partial charge is 0.408 e. The Morgan fingerprint density at radius 3 is 2.68 bits per heavy atom. The molecule has 0 aromatic carbocycles. The standard InChI is InChI=1S/C16H21NO4S/c1-16(2,3)21-15(20)17-13(14(18)19)8-6-4-5-7-12-9-10-22-11-12/h4-7,9-11,13H,8H2,1-3H3,(H,17,20)(H,18,19)/b6-4+,7-5+/t13-/m0/s1. The number of carbonyl (C=O) groups excluding carboxylic acids is 1. The molecule has 1 amide bonds. The van der Waals surface area contributed by atoms with Crippen LogP contribution in [0.25, 0.3) is 6.08 Å². The summed E-state index contributed by atoms with van der Waals surface area (Å²) in [6.07, 6.45) is 6.65. The first-order valence-electron chi connectivity index (χ1n) is 6.85. The summed E-state index contributed by atoms with van der Waals surface area (Å²) in [7, 11) is 0. The molecule has 0 radical (unpaired) electrons. The molecule has 120 valence electrons. The lowest BCUT2D eigenvalue weighted by Gasteiger charge is -2.21. The van der Waals surface area contributed by atoms with Crippen molar-refractivity contribution in [2.45, 2.75) is 38.8 Å². The van der Waals surface area contributed by atoms with Gasteiger partial charge in [-0.3, -0.25) is 0 Å². The first-order valence-corrected chi connectivity index (χ1v) is 7.80. The molecule has 0 aliphatic carbocycles. The van der Waals surface area contributed by atoms with E-state index in [0.717, 1.165) is 5.56 Å². The zero-order valence-electron chi connectivity index (χ0n) is 12.9. The fourth-order valence-electron chi connectivity index (χ4n) is 1.50. The number of rotatable bonds is 6. The molecule has 1 aromatic heterocycles. The van der Waals surface area contributed by atoms with Crippen molar-refractivity contribution in [2.24, 2.45) is 0 Å². The van der Waals surface area contributed by atoms with Crippen LogP contribution in [0, 0.1) is 0 Å². The molecule has 1 rings (SSSR count). The van der Waals surface area contributed by atoms with Crippen LogP contribution in [0.2, 0.25) is 0 Å². The van der Waals surface area contributed by atoms with Crippen LogP contribution >= 0.6 is 11.3 Å². The molecular weight excluding hydrogens is 302 g/mol. The second kappa shape index (κ2) is 8.38. The first kappa shape index (κ1) is 18.0. The van der Waals surface area contributed by atoms with Gasteiger partial charge in [0, 0.05) is 0 Å². The summed E-state index contributed by atoms with van der Waals surface area (Å²) in [5.41, 5.74) is 0.433. The van der Waals surface area contributed by atoms with Crippen LogP contribution in [0.4, 0.5) is 4.79 Å². The number of hydrogen-bond donors (Lipinski definition) is 2. The molecule has 0 bridgehead atoms. The Hall–Kier alpha value is -2.08. The number of hydrogen-bond acceptors (Lipinski definition) is 4. The van der Waals surface area contributed by atoms with Gasteiger partial charge in [-0.15, -0.1) is 0 Å². The van der Waals surface area contributed by atoms with Crippen molar-refractivity contribution in [1.82, 2.24) is 5.32 Å². The zero-order valence-corrected chi connectivity index (χ0v) is 13.7. The number of carboxylic acids is 1. The topological polar surface area (TPSA) is 75.6 Å². The van der Waals surface area contributed by atoms with Crippen LogP contribution in [0.3, 0.4) is 0 Å². The molecule has 0 spiro atoms. The number of amides is 1. The highest BCUT2D eigenvalue weighted by atomic mass is 32.1. The number of carboxylic acid groups (broad SMARTS) is 1. The van der Waals surface area contributed by atoms with Crippen molar-refractivity contribution in [2.75, 3.05) is 0 Å². The Kier molecular flexibility index (Phi) is 6.85. The third-order valence-electron chi connectivity index (χ3n) is 2.44. The molecule has 0 aliphatic rings. The van der Waals surface area contributed by atoms with Crippen molar-refractivity contribution >= 4 is 29.5 Å². The maximum absolute atomic E-state index is 11.6. The molecule has 1 aromatic rings. The quantitative estimate of drug-likeness (QED) is 0.783. The lowest BCUT2D eigenvalue weighted by molar-refractivity contribution is -0.139. The van der Waals surface area contributed by atoms with Crippen molar-refractivity contribution in [3.63, 3.8) is 0 Å². The van der Waals surface area contributed by atoms with Crippen molar-refractivity contribution in [3.8, 4) is 0 Å². The second-order valence-corrected chi connectivity index (χ2v) is 6.40. The highest BCUT2D eigenvalue weighted by Gasteiger charge is 2.22. The predicted octanol–water partition coefficient (Wildman–Crippen LogP) is 3.69. The van der Waals surface area contributed by atoms with E-state index in [1.165, 1.54) is 0 Å². The molecule has 0 saturated carbocycles. The van der Waals surface area contributed by atoms with E-state index in [0.29, 0.717) is 0 Å². The number of aliphatic carboxylic acids is 1. The number of allylic oxidation sites excluding steroid dienone is 2. The molecular formula is C16H21NO4S. The van der Waals surface area contributed by atoms with E-state index in [4.69, 9.17) is 9.84 Å². The van der Waals surface area contributed by atoms with E-state index >= 15 is 0 Å². The van der Waals surface area contributed by atoms with Gasteiger partial charge in [-0.05, 0) is 49.6 Å². The van der Waals surface area contributed by atoms with Crippen LogP contribution in [-0.2, 0) is 9.53 Å². The van der Waals surface area contributed by atoms with Crippen molar-refractivity contribution in [3.05, 3.63) is 40.6 Å². The average molecular weight is 323 g/mol. The minimum atomic E-state index is -1.10. The van der Waals surface area contributed by atoms with Gasteiger partial charge in [0.25, 0.3) is 0 Å². The Labute approximate surface area is 134 Å². The number of ether oxygens (including phenoxy) is 1. The molecule has 6 heteroatoms. The number of thiophene rings is 1.